The van der Waals surface area contributed by atoms with E-state index in [1.54, 1.807) is 32.7 Å². The lowest BCUT2D eigenvalue weighted by Gasteiger charge is -2.34. The molecule has 1 heterocycles. The average Bonchev–Trinajstić information content (AvgIpc) is 2.34. The van der Waals surface area contributed by atoms with Gasteiger partial charge in [-0.1, -0.05) is 20.8 Å². The third-order valence-electron chi connectivity index (χ3n) is 3.56. The molecule has 0 aromatic heterocycles. The van der Waals surface area contributed by atoms with Crippen molar-refractivity contribution in [1.82, 2.24) is 15.5 Å². The van der Waals surface area contributed by atoms with Gasteiger partial charge in [-0.3, -0.25) is 0 Å². The zero-order valence-electron chi connectivity index (χ0n) is 12.2. The topological polar surface area (TPSA) is 81.7 Å². The molecule has 1 saturated heterocycles. The van der Waals surface area contributed by atoms with Crippen molar-refractivity contribution in [3.63, 3.8) is 0 Å². The van der Waals surface area contributed by atoms with Crippen LogP contribution in [0.2, 0.25) is 0 Å². The Balaban J connectivity index is 2.63. The van der Waals surface area contributed by atoms with Gasteiger partial charge < -0.3 is 20.6 Å². The van der Waals surface area contributed by atoms with Gasteiger partial charge in [-0.05, 0) is 31.3 Å². The van der Waals surface area contributed by atoms with E-state index in [2.05, 4.69) is 10.6 Å². The average molecular weight is 271 g/mol. The van der Waals surface area contributed by atoms with E-state index in [0.29, 0.717) is 0 Å². The molecule has 3 N–H and O–H groups in total. The molecule has 0 radical (unpaired) electrons. The molecular formula is C13H25N3O3. The zero-order chi connectivity index (χ0) is 14.6. The van der Waals surface area contributed by atoms with Gasteiger partial charge in [-0.25, -0.2) is 9.59 Å². The number of hydrogen-bond donors (Lipinski definition) is 3. The van der Waals surface area contributed by atoms with Crippen LogP contribution in [0.15, 0.2) is 0 Å². The fourth-order valence-corrected chi connectivity index (χ4v) is 2.23. The smallest absolute Gasteiger partial charge is 0.326 e. The van der Waals surface area contributed by atoms with Crippen LogP contribution in [0.1, 0.15) is 33.6 Å². The molecule has 1 atom stereocenters. The summed E-state index contributed by atoms with van der Waals surface area (Å²) in [6.07, 6.45) is 1.80. The summed E-state index contributed by atoms with van der Waals surface area (Å²) in [4.78, 5) is 25.0. The molecule has 1 aliphatic rings. The third kappa shape index (κ3) is 4.38. The predicted molar refractivity (Wildman–Crippen MR) is 73.1 cm³/mol. The highest BCUT2D eigenvalue weighted by Gasteiger charge is 2.34. The van der Waals surface area contributed by atoms with E-state index in [9.17, 15) is 14.7 Å². The Bertz CT molecular complexity index is 333. The van der Waals surface area contributed by atoms with Crippen molar-refractivity contribution in [2.24, 2.45) is 5.41 Å². The number of nitrogens with one attached hydrogen (secondary N) is 2. The van der Waals surface area contributed by atoms with E-state index in [4.69, 9.17) is 0 Å². The number of nitrogens with zero attached hydrogens (tertiary/aromatic N) is 1. The Morgan fingerprint density at radius 2 is 1.84 bits per heavy atom. The van der Waals surface area contributed by atoms with Gasteiger partial charge in [-0.2, -0.15) is 0 Å². The Hall–Kier alpha value is -1.30. The van der Waals surface area contributed by atoms with Crippen molar-refractivity contribution in [3.8, 4) is 0 Å². The van der Waals surface area contributed by atoms with E-state index in [1.165, 1.54) is 0 Å². The third-order valence-corrected chi connectivity index (χ3v) is 3.56. The van der Waals surface area contributed by atoms with Gasteiger partial charge in [0.15, 0.2) is 0 Å². The number of amides is 2. The van der Waals surface area contributed by atoms with Crippen LogP contribution in [-0.4, -0.2) is 54.2 Å². The molecule has 19 heavy (non-hydrogen) atoms. The van der Waals surface area contributed by atoms with Crippen molar-refractivity contribution in [2.45, 2.75) is 45.7 Å². The molecule has 0 aliphatic carbocycles. The monoisotopic (exact) mass is 271 g/mol. The second-order valence-electron chi connectivity index (χ2n) is 6.18. The van der Waals surface area contributed by atoms with Crippen molar-refractivity contribution in [1.29, 1.82) is 0 Å². The normalized spacial score (nSPS) is 18.7. The van der Waals surface area contributed by atoms with E-state index in [1.807, 2.05) is 0 Å². The molecule has 0 saturated carbocycles. The van der Waals surface area contributed by atoms with Crippen LogP contribution in [0.4, 0.5) is 4.79 Å². The second kappa shape index (κ2) is 6.23. The number of carbonyl (C=O) groups is 2. The first-order valence-corrected chi connectivity index (χ1v) is 6.70. The predicted octanol–water partition coefficient (Wildman–Crippen LogP) is 0.879. The Morgan fingerprint density at radius 1 is 1.32 bits per heavy atom. The van der Waals surface area contributed by atoms with Gasteiger partial charge in [-0.15, -0.1) is 0 Å². The quantitative estimate of drug-likeness (QED) is 0.711. The SMILES string of the molecule is CN(C(=O)N[C@@H](C(=O)O)C(C)(C)C)C1CCNCC1. The number of hydrogen-bond acceptors (Lipinski definition) is 3. The molecule has 0 bridgehead atoms. The van der Waals surface area contributed by atoms with Gasteiger partial charge in [0.2, 0.25) is 0 Å². The molecule has 6 nitrogen and oxygen atoms in total. The summed E-state index contributed by atoms with van der Waals surface area (Å²) < 4.78 is 0. The minimum Gasteiger partial charge on any atom is -0.480 e. The molecule has 0 aromatic carbocycles. The number of piperidine rings is 1. The van der Waals surface area contributed by atoms with Crippen molar-refractivity contribution in [2.75, 3.05) is 20.1 Å². The van der Waals surface area contributed by atoms with Crippen LogP contribution in [-0.2, 0) is 4.79 Å². The van der Waals surface area contributed by atoms with Crippen molar-refractivity contribution in [3.05, 3.63) is 0 Å². The maximum absolute atomic E-state index is 12.1. The lowest BCUT2D eigenvalue weighted by Crippen LogP contribution is -2.55. The summed E-state index contributed by atoms with van der Waals surface area (Å²) >= 11 is 0. The van der Waals surface area contributed by atoms with Crippen molar-refractivity contribution >= 4 is 12.0 Å². The second-order valence-corrected chi connectivity index (χ2v) is 6.18. The number of aliphatic carboxylic acids is 1. The zero-order valence-corrected chi connectivity index (χ0v) is 12.2. The lowest BCUT2D eigenvalue weighted by atomic mass is 9.87. The molecule has 0 unspecified atom stereocenters. The maximum Gasteiger partial charge on any atom is 0.326 e. The standard InChI is InChI=1S/C13H25N3O3/c1-13(2,3)10(11(17)18)15-12(19)16(4)9-5-7-14-8-6-9/h9-10,14H,5-8H2,1-4H3,(H,15,19)(H,17,18)/t10-/m0/s1. The minimum absolute atomic E-state index is 0.177. The Kier molecular flexibility index (Phi) is 5.17. The summed E-state index contributed by atoms with van der Waals surface area (Å²) in [5, 5.41) is 15.1. The van der Waals surface area contributed by atoms with Gasteiger partial charge >= 0.3 is 12.0 Å². The fraction of sp³-hybridized carbons (Fsp3) is 0.846. The highest BCUT2D eigenvalue weighted by atomic mass is 16.4. The highest BCUT2D eigenvalue weighted by Crippen LogP contribution is 2.20. The van der Waals surface area contributed by atoms with E-state index < -0.39 is 17.4 Å². The molecule has 6 heteroatoms. The van der Waals surface area contributed by atoms with Crippen LogP contribution in [0.25, 0.3) is 0 Å². The first kappa shape index (κ1) is 15.8. The largest absolute Gasteiger partial charge is 0.480 e. The number of urea groups is 1. The molecule has 2 amide bonds. The number of carboxylic acid groups (broad SMARTS) is 1. The number of carbonyl (C=O) groups excluding carboxylic acids is 1. The van der Waals surface area contributed by atoms with Crippen molar-refractivity contribution < 1.29 is 14.7 Å². The first-order chi connectivity index (χ1) is 8.73. The van der Waals surface area contributed by atoms with Gasteiger partial charge in [0.1, 0.15) is 6.04 Å². The summed E-state index contributed by atoms with van der Waals surface area (Å²) in [7, 11) is 1.73. The lowest BCUT2D eigenvalue weighted by molar-refractivity contribution is -0.142. The van der Waals surface area contributed by atoms with Gasteiger partial charge in [0, 0.05) is 13.1 Å². The van der Waals surface area contributed by atoms with Crippen LogP contribution in [0, 0.1) is 5.41 Å². The van der Waals surface area contributed by atoms with Gasteiger partial charge in [0.05, 0.1) is 0 Å². The number of rotatable bonds is 3. The van der Waals surface area contributed by atoms with E-state index in [-0.39, 0.29) is 12.1 Å². The van der Waals surface area contributed by atoms with Crippen LogP contribution in [0.3, 0.4) is 0 Å². The van der Waals surface area contributed by atoms with Crippen LogP contribution >= 0.6 is 0 Å². The van der Waals surface area contributed by atoms with E-state index >= 15 is 0 Å². The number of carboxylic acids is 1. The Labute approximate surface area is 114 Å². The van der Waals surface area contributed by atoms with E-state index in [0.717, 1.165) is 25.9 Å². The molecule has 1 fully saturated rings. The van der Waals surface area contributed by atoms with Crippen LogP contribution < -0.4 is 10.6 Å². The molecule has 1 aliphatic heterocycles. The molecule has 0 aromatic rings. The molecule has 0 spiro atoms. The summed E-state index contributed by atoms with van der Waals surface area (Å²) in [5.74, 6) is -1.00. The Morgan fingerprint density at radius 3 is 2.26 bits per heavy atom. The fourth-order valence-electron chi connectivity index (χ4n) is 2.23. The summed E-state index contributed by atoms with van der Waals surface area (Å²) in [6.45, 7) is 7.19. The maximum atomic E-state index is 12.1. The highest BCUT2D eigenvalue weighted by molar-refractivity contribution is 5.83. The summed E-state index contributed by atoms with van der Waals surface area (Å²) in [5.41, 5.74) is -0.517. The minimum atomic E-state index is -1.00. The molecule has 1 rings (SSSR count). The van der Waals surface area contributed by atoms with Crippen LogP contribution in [0.5, 0.6) is 0 Å². The first-order valence-electron chi connectivity index (χ1n) is 6.70. The molecule has 110 valence electrons. The molecular weight excluding hydrogens is 246 g/mol. The van der Waals surface area contributed by atoms with Gasteiger partial charge in [0.25, 0.3) is 0 Å². The summed E-state index contributed by atoms with van der Waals surface area (Å²) in [6, 6.07) is -1.02.